The van der Waals surface area contributed by atoms with Gasteiger partial charge in [0.1, 0.15) is 11.3 Å². The molecule has 0 radical (unpaired) electrons. The third-order valence-corrected chi connectivity index (χ3v) is 5.66. The van der Waals surface area contributed by atoms with E-state index in [0.29, 0.717) is 11.3 Å². The minimum atomic E-state index is -1.17. The van der Waals surface area contributed by atoms with Gasteiger partial charge in [-0.3, -0.25) is 14.5 Å². The molecule has 0 unspecified atom stereocenters. The molecule has 0 bridgehead atoms. The normalized spacial score (nSPS) is 20.9. The standard InChI is InChI=1S/C22H22N2O4/c1-22(16-11-10-14-6-5-7-15(14)12-16)20(26)24(21(27)23-22)13-18(25)17-8-3-4-9-19(17)28-2/h3-4,8-12H,5-7,13H2,1-2H3,(H,23,27)/t22-/m1/s1. The second-order valence-corrected chi connectivity index (χ2v) is 7.41. The number of aryl methyl sites for hydroxylation is 2. The fourth-order valence-electron chi connectivity index (χ4n) is 4.02. The second-order valence-electron chi connectivity index (χ2n) is 7.41. The topological polar surface area (TPSA) is 75.7 Å². The minimum Gasteiger partial charge on any atom is -0.496 e. The van der Waals surface area contributed by atoms with Crippen molar-refractivity contribution < 1.29 is 19.1 Å². The van der Waals surface area contributed by atoms with E-state index in [2.05, 4.69) is 5.32 Å². The highest BCUT2D eigenvalue weighted by Crippen LogP contribution is 2.33. The number of Topliss-reactive ketones (excluding diaryl/α,β-unsaturated/α-hetero) is 1. The number of fused-ring (bicyclic) bond motifs is 1. The molecule has 144 valence electrons. The number of rotatable bonds is 5. The number of ketones is 1. The lowest BCUT2D eigenvalue weighted by molar-refractivity contribution is -0.130. The molecule has 1 fully saturated rings. The molecule has 3 amide bonds. The van der Waals surface area contributed by atoms with Gasteiger partial charge in [0.25, 0.3) is 5.91 Å². The van der Waals surface area contributed by atoms with Gasteiger partial charge < -0.3 is 10.1 Å². The summed E-state index contributed by atoms with van der Waals surface area (Å²) in [6.45, 7) is 1.36. The van der Waals surface area contributed by atoms with E-state index in [4.69, 9.17) is 4.74 Å². The van der Waals surface area contributed by atoms with Crippen molar-refractivity contribution in [1.29, 1.82) is 0 Å². The average Bonchev–Trinajstić information content (AvgIpc) is 3.26. The number of benzene rings is 2. The summed E-state index contributed by atoms with van der Waals surface area (Å²) in [7, 11) is 1.48. The van der Waals surface area contributed by atoms with E-state index in [1.165, 1.54) is 18.2 Å². The SMILES string of the molecule is COc1ccccc1C(=O)CN1C(=O)N[C@](C)(c2ccc3c(c2)CCC3)C1=O. The number of nitrogens with one attached hydrogen (secondary N) is 1. The first kappa shape index (κ1) is 18.2. The highest BCUT2D eigenvalue weighted by molar-refractivity contribution is 6.11. The lowest BCUT2D eigenvalue weighted by Crippen LogP contribution is -2.41. The predicted octanol–water partition coefficient (Wildman–Crippen LogP) is 2.83. The third-order valence-electron chi connectivity index (χ3n) is 5.66. The zero-order valence-electron chi connectivity index (χ0n) is 16.0. The molecule has 1 heterocycles. The van der Waals surface area contributed by atoms with Crippen LogP contribution in [0.4, 0.5) is 4.79 Å². The van der Waals surface area contributed by atoms with Crippen molar-refractivity contribution in [2.75, 3.05) is 13.7 Å². The van der Waals surface area contributed by atoms with Gasteiger partial charge in [-0.05, 0) is 55.0 Å². The number of urea groups is 1. The summed E-state index contributed by atoms with van der Waals surface area (Å²) < 4.78 is 5.21. The maximum Gasteiger partial charge on any atom is 0.325 e. The molecule has 1 N–H and O–H groups in total. The Morgan fingerprint density at radius 1 is 1.14 bits per heavy atom. The first-order valence-electron chi connectivity index (χ1n) is 9.36. The Balaban J connectivity index is 1.59. The zero-order chi connectivity index (χ0) is 19.9. The Morgan fingerprint density at radius 3 is 2.68 bits per heavy atom. The Morgan fingerprint density at radius 2 is 1.89 bits per heavy atom. The number of para-hydroxylation sites is 1. The average molecular weight is 378 g/mol. The molecule has 0 saturated carbocycles. The van der Waals surface area contributed by atoms with Gasteiger partial charge in [-0.2, -0.15) is 0 Å². The van der Waals surface area contributed by atoms with Gasteiger partial charge in [-0.25, -0.2) is 4.79 Å². The van der Waals surface area contributed by atoms with Crippen LogP contribution in [0.25, 0.3) is 0 Å². The van der Waals surface area contributed by atoms with E-state index in [0.717, 1.165) is 29.7 Å². The lowest BCUT2D eigenvalue weighted by Gasteiger charge is -2.23. The summed E-state index contributed by atoms with van der Waals surface area (Å²) in [5.74, 6) is -0.348. The van der Waals surface area contributed by atoms with E-state index >= 15 is 0 Å². The Kier molecular flexibility index (Phi) is 4.41. The van der Waals surface area contributed by atoms with Gasteiger partial charge in [0.05, 0.1) is 19.2 Å². The number of imide groups is 1. The predicted molar refractivity (Wildman–Crippen MR) is 103 cm³/mol. The highest BCUT2D eigenvalue weighted by atomic mass is 16.5. The van der Waals surface area contributed by atoms with Gasteiger partial charge in [-0.1, -0.05) is 30.3 Å². The zero-order valence-corrected chi connectivity index (χ0v) is 16.0. The fraction of sp³-hybridized carbons (Fsp3) is 0.318. The summed E-state index contributed by atoms with van der Waals surface area (Å²) in [5, 5.41) is 2.78. The van der Waals surface area contributed by atoms with E-state index in [1.807, 2.05) is 18.2 Å². The molecule has 0 aromatic heterocycles. The summed E-state index contributed by atoms with van der Waals surface area (Å²) in [5.41, 5.74) is 2.45. The first-order valence-corrected chi connectivity index (χ1v) is 9.36. The van der Waals surface area contributed by atoms with E-state index < -0.39 is 17.5 Å². The van der Waals surface area contributed by atoms with E-state index in [-0.39, 0.29) is 12.3 Å². The fourth-order valence-corrected chi connectivity index (χ4v) is 4.02. The van der Waals surface area contributed by atoms with E-state index in [1.54, 1.807) is 31.2 Å². The van der Waals surface area contributed by atoms with Crippen LogP contribution >= 0.6 is 0 Å². The number of hydrogen-bond acceptors (Lipinski definition) is 4. The van der Waals surface area contributed by atoms with E-state index in [9.17, 15) is 14.4 Å². The van der Waals surface area contributed by atoms with Crippen LogP contribution in [0.15, 0.2) is 42.5 Å². The van der Waals surface area contributed by atoms with Crippen molar-refractivity contribution >= 4 is 17.7 Å². The van der Waals surface area contributed by atoms with Crippen LogP contribution in [-0.2, 0) is 23.2 Å². The van der Waals surface area contributed by atoms with Crippen LogP contribution < -0.4 is 10.1 Å². The number of hydrogen-bond donors (Lipinski definition) is 1. The molecule has 4 rings (SSSR count). The first-order chi connectivity index (χ1) is 13.4. The van der Waals surface area contributed by atoms with Gasteiger partial charge in [0, 0.05) is 0 Å². The summed E-state index contributed by atoms with van der Waals surface area (Å²) in [4.78, 5) is 39.4. The van der Waals surface area contributed by atoms with Crippen molar-refractivity contribution in [2.24, 2.45) is 0 Å². The van der Waals surface area contributed by atoms with Crippen LogP contribution in [0.1, 0.15) is 40.4 Å². The molecule has 2 aliphatic rings. The van der Waals surface area contributed by atoms with Gasteiger partial charge in [0.2, 0.25) is 0 Å². The molecule has 1 atom stereocenters. The summed E-state index contributed by atoms with van der Waals surface area (Å²) in [6.07, 6.45) is 3.14. The smallest absolute Gasteiger partial charge is 0.325 e. The largest absolute Gasteiger partial charge is 0.496 e. The minimum absolute atomic E-state index is 0.328. The maximum atomic E-state index is 13.1. The summed E-state index contributed by atoms with van der Waals surface area (Å²) >= 11 is 0. The molecule has 1 aliphatic carbocycles. The third kappa shape index (κ3) is 2.85. The molecule has 1 aliphatic heterocycles. The molecule has 0 spiro atoms. The number of nitrogens with zero attached hydrogens (tertiary/aromatic N) is 1. The number of ether oxygens (including phenoxy) is 1. The summed E-state index contributed by atoms with van der Waals surface area (Å²) in [6, 6.07) is 12.2. The van der Waals surface area contributed by atoms with Crippen molar-refractivity contribution in [2.45, 2.75) is 31.7 Å². The molecule has 6 nitrogen and oxygen atoms in total. The lowest BCUT2D eigenvalue weighted by atomic mass is 9.89. The monoisotopic (exact) mass is 378 g/mol. The molecule has 28 heavy (non-hydrogen) atoms. The maximum absolute atomic E-state index is 13.1. The van der Waals surface area contributed by atoms with Crippen molar-refractivity contribution in [1.82, 2.24) is 10.2 Å². The number of carbonyl (C=O) groups is 3. The van der Waals surface area contributed by atoms with Crippen LogP contribution in [0.5, 0.6) is 5.75 Å². The van der Waals surface area contributed by atoms with Crippen molar-refractivity contribution in [3.63, 3.8) is 0 Å². The van der Waals surface area contributed by atoms with Gasteiger partial charge >= 0.3 is 6.03 Å². The Labute approximate surface area is 163 Å². The Bertz CT molecular complexity index is 984. The molecule has 1 saturated heterocycles. The van der Waals surface area contributed by atoms with Crippen LogP contribution in [0.2, 0.25) is 0 Å². The molecule has 6 heteroatoms. The molecule has 2 aromatic rings. The van der Waals surface area contributed by atoms with Crippen LogP contribution in [0.3, 0.4) is 0 Å². The van der Waals surface area contributed by atoms with Gasteiger partial charge in [0.15, 0.2) is 5.78 Å². The highest BCUT2D eigenvalue weighted by Gasteiger charge is 2.49. The quantitative estimate of drug-likeness (QED) is 0.641. The molecule has 2 aromatic carbocycles. The number of methoxy groups -OCH3 is 1. The molecular formula is C22H22N2O4. The van der Waals surface area contributed by atoms with Crippen molar-refractivity contribution in [3.05, 3.63) is 64.7 Å². The number of amides is 3. The van der Waals surface area contributed by atoms with Crippen LogP contribution in [-0.4, -0.2) is 36.3 Å². The molecular weight excluding hydrogens is 356 g/mol. The van der Waals surface area contributed by atoms with Crippen LogP contribution in [0, 0.1) is 0 Å². The number of carbonyl (C=O) groups excluding carboxylic acids is 3. The Hall–Kier alpha value is -3.15. The van der Waals surface area contributed by atoms with Gasteiger partial charge in [-0.15, -0.1) is 0 Å². The van der Waals surface area contributed by atoms with Crippen molar-refractivity contribution in [3.8, 4) is 5.75 Å². The second kappa shape index (κ2) is 6.78.